The van der Waals surface area contributed by atoms with Crippen LogP contribution in [0.2, 0.25) is 0 Å². The molecule has 0 spiro atoms. The lowest BCUT2D eigenvalue weighted by atomic mass is 9.82. The molecule has 1 aromatic rings. The number of aliphatic carboxylic acids is 1. The number of carbonyl (C=O) groups excluding carboxylic acids is 2. The summed E-state index contributed by atoms with van der Waals surface area (Å²) in [6.45, 7) is 5.99. The van der Waals surface area contributed by atoms with E-state index in [1.165, 1.54) is 11.3 Å². The smallest absolute Gasteiger partial charge is 0.341 e. The van der Waals surface area contributed by atoms with Crippen molar-refractivity contribution < 1.29 is 24.2 Å². The third-order valence-electron chi connectivity index (χ3n) is 5.10. The normalized spacial score (nSPS) is 26.3. The van der Waals surface area contributed by atoms with E-state index in [0.29, 0.717) is 17.0 Å². The largest absolute Gasteiger partial charge is 0.481 e. The fraction of sp³-hybridized carbons (Fsp3) is 0.526. The molecule has 2 aliphatic rings. The van der Waals surface area contributed by atoms with Gasteiger partial charge in [0.2, 0.25) is 5.91 Å². The summed E-state index contributed by atoms with van der Waals surface area (Å²) < 4.78 is 5.09. The number of carbonyl (C=O) groups is 3. The lowest BCUT2D eigenvalue weighted by molar-refractivity contribution is -0.146. The van der Waals surface area contributed by atoms with Crippen LogP contribution in [0.4, 0.5) is 5.00 Å². The maximum Gasteiger partial charge on any atom is 0.341 e. The number of nitrogens with one attached hydrogen (secondary N) is 1. The topological polar surface area (TPSA) is 92.7 Å². The number of carboxylic acids is 1. The van der Waals surface area contributed by atoms with Crippen LogP contribution in [0.5, 0.6) is 0 Å². The fourth-order valence-corrected chi connectivity index (χ4v) is 4.91. The maximum atomic E-state index is 12.9. The Bertz CT molecular complexity index is 766. The molecule has 4 atom stereocenters. The van der Waals surface area contributed by atoms with E-state index in [1.54, 1.807) is 13.0 Å². The van der Waals surface area contributed by atoms with Gasteiger partial charge in [-0.05, 0) is 37.2 Å². The number of allylic oxidation sites excluding steroid dienone is 2. The van der Waals surface area contributed by atoms with Gasteiger partial charge in [-0.15, -0.1) is 11.3 Å². The van der Waals surface area contributed by atoms with Crippen molar-refractivity contribution in [1.29, 1.82) is 0 Å². The highest BCUT2D eigenvalue weighted by Crippen LogP contribution is 2.48. The van der Waals surface area contributed by atoms with Gasteiger partial charge in [0.1, 0.15) is 5.00 Å². The van der Waals surface area contributed by atoms with Gasteiger partial charge in [0.05, 0.1) is 24.0 Å². The molecule has 0 unspecified atom stereocenters. The standard InChI is InChI=1S/C19H23NO5S/c1-4-25-19(24)12-8-13(9(2)3)26-17(12)20-16(21)14-10-5-6-11(7-10)15(14)18(22)23/h5-6,8-11,14-15H,4,7H2,1-3H3,(H,20,21)(H,22,23)/t10-,11-,14-,15+/m1/s1. The van der Waals surface area contributed by atoms with E-state index in [0.717, 1.165) is 4.88 Å². The minimum absolute atomic E-state index is 0.0586. The van der Waals surface area contributed by atoms with Crippen LogP contribution >= 0.6 is 11.3 Å². The first-order valence-electron chi connectivity index (χ1n) is 8.86. The summed E-state index contributed by atoms with van der Waals surface area (Å²) in [6, 6.07) is 1.75. The molecule has 1 amide bonds. The van der Waals surface area contributed by atoms with Crippen molar-refractivity contribution >= 4 is 34.2 Å². The van der Waals surface area contributed by atoms with Crippen molar-refractivity contribution in [2.24, 2.45) is 23.7 Å². The molecular formula is C19H23NO5S. The molecule has 26 heavy (non-hydrogen) atoms. The van der Waals surface area contributed by atoms with Crippen molar-refractivity contribution in [3.05, 3.63) is 28.7 Å². The van der Waals surface area contributed by atoms with Crippen LogP contribution in [-0.4, -0.2) is 29.6 Å². The highest BCUT2D eigenvalue weighted by Gasteiger charge is 2.51. The van der Waals surface area contributed by atoms with Gasteiger partial charge in [0.15, 0.2) is 0 Å². The zero-order chi connectivity index (χ0) is 19.0. The van der Waals surface area contributed by atoms with E-state index in [1.807, 2.05) is 26.0 Å². The van der Waals surface area contributed by atoms with Gasteiger partial charge < -0.3 is 15.2 Å². The summed E-state index contributed by atoms with van der Waals surface area (Å²) >= 11 is 1.34. The van der Waals surface area contributed by atoms with E-state index >= 15 is 0 Å². The Kier molecular flexibility index (Phi) is 5.18. The predicted octanol–water partition coefficient (Wildman–Crippen LogP) is 3.51. The molecule has 3 rings (SSSR count). The second-order valence-electron chi connectivity index (χ2n) is 7.09. The first kappa shape index (κ1) is 18.6. The number of hydrogen-bond acceptors (Lipinski definition) is 5. The molecule has 140 valence electrons. The van der Waals surface area contributed by atoms with Crippen molar-refractivity contribution in [2.45, 2.75) is 33.1 Å². The van der Waals surface area contributed by atoms with E-state index in [2.05, 4.69) is 5.32 Å². The van der Waals surface area contributed by atoms with Gasteiger partial charge in [-0.1, -0.05) is 26.0 Å². The van der Waals surface area contributed by atoms with Crippen molar-refractivity contribution in [3.8, 4) is 0 Å². The first-order chi connectivity index (χ1) is 12.3. The summed E-state index contributed by atoms with van der Waals surface area (Å²) in [4.78, 5) is 37.7. The number of thiophene rings is 1. The van der Waals surface area contributed by atoms with Gasteiger partial charge in [-0.25, -0.2) is 4.79 Å². The summed E-state index contributed by atoms with van der Waals surface area (Å²) in [5.74, 6) is -3.02. The Labute approximate surface area is 156 Å². The average Bonchev–Trinajstić information content (AvgIpc) is 3.28. The number of ether oxygens (including phenoxy) is 1. The molecule has 7 heteroatoms. The number of anilines is 1. The van der Waals surface area contributed by atoms with Gasteiger partial charge in [0.25, 0.3) is 0 Å². The number of rotatable bonds is 6. The van der Waals surface area contributed by atoms with Gasteiger partial charge in [0, 0.05) is 4.88 Å². The fourth-order valence-electron chi connectivity index (χ4n) is 3.86. The molecular weight excluding hydrogens is 354 g/mol. The number of esters is 1. The minimum atomic E-state index is -0.943. The highest BCUT2D eigenvalue weighted by molar-refractivity contribution is 7.16. The Morgan fingerprint density at radius 1 is 1.27 bits per heavy atom. The summed E-state index contributed by atoms with van der Waals surface area (Å²) in [7, 11) is 0. The number of carboxylic acid groups (broad SMARTS) is 1. The molecule has 0 saturated heterocycles. The third kappa shape index (κ3) is 3.28. The molecule has 2 bridgehead atoms. The second kappa shape index (κ2) is 7.23. The van der Waals surface area contributed by atoms with E-state index < -0.39 is 23.8 Å². The molecule has 1 aromatic heterocycles. The molecule has 0 aromatic carbocycles. The predicted molar refractivity (Wildman–Crippen MR) is 98.3 cm³/mol. The first-order valence-corrected chi connectivity index (χ1v) is 9.68. The van der Waals surface area contributed by atoms with Crippen LogP contribution in [0.3, 0.4) is 0 Å². The highest BCUT2D eigenvalue weighted by atomic mass is 32.1. The Morgan fingerprint density at radius 2 is 1.92 bits per heavy atom. The summed E-state index contributed by atoms with van der Waals surface area (Å²) in [5, 5.41) is 12.8. The van der Waals surface area contributed by atoms with Gasteiger partial charge in [-0.2, -0.15) is 0 Å². The minimum Gasteiger partial charge on any atom is -0.481 e. The zero-order valence-corrected chi connectivity index (χ0v) is 15.8. The van der Waals surface area contributed by atoms with E-state index in [9.17, 15) is 19.5 Å². The third-order valence-corrected chi connectivity index (χ3v) is 6.45. The maximum absolute atomic E-state index is 12.9. The Balaban J connectivity index is 1.86. The monoisotopic (exact) mass is 377 g/mol. The molecule has 6 nitrogen and oxygen atoms in total. The van der Waals surface area contributed by atoms with Crippen molar-refractivity contribution in [1.82, 2.24) is 0 Å². The summed E-state index contributed by atoms with van der Waals surface area (Å²) in [5.41, 5.74) is 0.333. The van der Waals surface area contributed by atoms with E-state index in [4.69, 9.17) is 4.74 Å². The van der Waals surface area contributed by atoms with Crippen LogP contribution < -0.4 is 5.32 Å². The zero-order valence-electron chi connectivity index (χ0n) is 15.0. The van der Waals surface area contributed by atoms with Gasteiger partial charge in [-0.3, -0.25) is 9.59 Å². The quantitative estimate of drug-likeness (QED) is 0.585. The van der Waals surface area contributed by atoms with Crippen LogP contribution in [-0.2, 0) is 14.3 Å². The van der Waals surface area contributed by atoms with Crippen molar-refractivity contribution in [2.75, 3.05) is 11.9 Å². The number of hydrogen-bond donors (Lipinski definition) is 2. The Morgan fingerprint density at radius 3 is 2.50 bits per heavy atom. The number of fused-ring (bicyclic) bond motifs is 2. The van der Waals surface area contributed by atoms with Crippen LogP contribution in [0, 0.1) is 23.7 Å². The lowest BCUT2D eigenvalue weighted by Gasteiger charge is -2.23. The van der Waals surface area contributed by atoms with E-state index in [-0.39, 0.29) is 30.3 Å². The molecule has 0 aliphatic heterocycles. The molecule has 2 N–H and O–H groups in total. The molecule has 1 fully saturated rings. The lowest BCUT2D eigenvalue weighted by Crippen LogP contribution is -2.36. The van der Waals surface area contributed by atoms with Crippen LogP contribution in [0.25, 0.3) is 0 Å². The second-order valence-corrected chi connectivity index (χ2v) is 8.18. The van der Waals surface area contributed by atoms with Crippen LogP contribution in [0.15, 0.2) is 18.2 Å². The van der Waals surface area contributed by atoms with Gasteiger partial charge >= 0.3 is 11.9 Å². The molecule has 1 heterocycles. The van der Waals surface area contributed by atoms with Crippen molar-refractivity contribution in [3.63, 3.8) is 0 Å². The SMILES string of the molecule is CCOC(=O)c1cc(C(C)C)sc1NC(=O)[C@H]1[C@@H](C(=O)O)[C@@H]2C=C[C@@H]1C2. The average molecular weight is 377 g/mol. The Hall–Kier alpha value is -2.15. The molecule has 1 saturated carbocycles. The molecule has 2 aliphatic carbocycles. The molecule has 0 radical (unpaired) electrons. The van der Waals surface area contributed by atoms with Crippen LogP contribution in [0.1, 0.15) is 48.3 Å². The number of amides is 1. The summed E-state index contributed by atoms with van der Waals surface area (Å²) in [6.07, 6.45) is 4.54.